The Kier molecular flexibility index (Phi) is 46.0. The van der Waals surface area contributed by atoms with Gasteiger partial charge in [0.05, 0.1) is 12.2 Å². The van der Waals surface area contributed by atoms with E-state index in [0.717, 1.165) is 25.7 Å². The van der Waals surface area contributed by atoms with Gasteiger partial charge in [-0.2, -0.15) is 0 Å². The summed E-state index contributed by atoms with van der Waals surface area (Å²) in [6.45, 7) is 9.20. The van der Waals surface area contributed by atoms with E-state index >= 15 is 0 Å². The Morgan fingerprint density at radius 2 is 0.423 bits per heavy atom. The van der Waals surface area contributed by atoms with Gasteiger partial charge in [-0.15, -0.1) is 0 Å². The molecule has 0 rings (SSSR count). The zero-order valence-electron chi connectivity index (χ0n) is 36.6. The molecule has 0 radical (unpaired) electrons. The Morgan fingerprint density at radius 1 is 0.269 bits per heavy atom. The first-order valence-corrected chi connectivity index (χ1v) is 25.6. The molecular formula is C48H99O3P. The van der Waals surface area contributed by atoms with Gasteiger partial charge in [-0.3, -0.25) is 0 Å². The fourth-order valence-corrected chi connectivity index (χ4v) is 8.85. The molecule has 2 unspecified atom stereocenters. The molecule has 0 heterocycles. The van der Waals surface area contributed by atoms with E-state index in [2.05, 4.69) is 27.7 Å². The maximum Gasteiger partial charge on any atom is 0.330 e. The molecule has 0 aliphatic rings. The van der Waals surface area contributed by atoms with E-state index in [1.165, 1.54) is 244 Å². The van der Waals surface area contributed by atoms with E-state index in [-0.39, 0.29) is 12.2 Å². The molecular weight excluding hydrogens is 655 g/mol. The van der Waals surface area contributed by atoms with Crippen LogP contribution in [0.2, 0.25) is 0 Å². The van der Waals surface area contributed by atoms with Crippen molar-refractivity contribution in [3.8, 4) is 0 Å². The third-order valence-corrected chi connectivity index (χ3v) is 12.5. The average Bonchev–Trinajstić information content (AvgIpc) is 3.14. The quantitative estimate of drug-likeness (QED) is 0.0497. The highest BCUT2D eigenvalue weighted by molar-refractivity contribution is 7.40. The molecule has 0 aromatic carbocycles. The van der Waals surface area contributed by atoms with Crippen LogP contribution in [0.5, 0.6) is 0 Å². The Hall–Kier alpha value is 0.310. The summed E-state index contributed by atoms with van der Waals surface area (Å²) in [4.78, 5) is 11.2. The monoisotopic (exact) mass is 755 g/mol. The molecule has 0 aromatic rings. The summed E-state index contributed by atoms with van der Waals surface area (Å²) in [6.07, 6.45) is 56.3. The van der Waals surface area contributed by atoms with Gasteiger partial charge in [-0.1, -0.05) is 272 Å². The van der Waals surface area contributed by atoms with Crippen LogP contribution < -0.4 is 0 Å². The number of unbranched alkanes of at least 4 members (excludes halogenated alkanes) is 34. The van der Waals surface area contributed by atoms with Gasteiger partial charge < -0.3 is 13.9 Å². The zero-order chi connectivity index (χ0) is 37.8. The lowest BCUT2D eigenvalue weighted by molar-refractivity contribution is 0.0892. The molecule has 2 atom stereocenters. The molecule has 1 N–H and O–H groups in total. The summed E-state index contributed by atoms with van der Waals surface area (Å²) < 4.78 is 12.9. The standard InChI is InChI=1S/C48H99O3P/c1-5-9-13-17-21-25-29-33-37-41-45-47(43-39-35-31-27-23-19-15-11-7-3)50-52(49)51-48(44-40-36-32-28-24-20-16-12-8-4)46-42-38-34-30-26-22-18-14-10-6-2/h47-49H,5-46H2,1-4H3. The SMILES string of the molecule is CCCCCCCCCCCCC(CCCCCCCCCCC)OP(O)OC(CCCCCCCCCCC)CCCCCCCCCCCC. The van der Waals surface area contributed by atoms with Crippen molar-refractivity contribution in [2.24, 2.45) is 0 Å². The van der Waals surface area contributed by atoms with E-state index in [1.807, 2.05) is 0 Å². The zero-order valence-corrected chi connectivity index (χ0v) is 37.5. The van der Waals surface area contributed by atoms with Gasteiger partial charge in [0.15, 0.2) is 0 Å². The van der Waals surface area contributed by atoms with Gasteiger partial charge in [-0.25, -0.2) is 0 Å². The van der Waals surface area contributed by atoms with E-state index in [1.54, 1.807) is 0 Å². The van der Waals surface area contributed by atoms with Crippen LogP contribution in [0.4, 0.5) is 0 Å². The predicted molar refractivity (Wildman–Crippen MR) is 235 cm³/mol. The molecule has 314 valence electrons. The summed E-state index contributed by atoms with van der Waals surface area (Å²) in [5.41, 5.74) is 0. The van der Waals surface area contributed by atoms with Crippen LogP contribution in [0, 0.1) is 0 Å². The Morgan fingerprint density at radius 3 is 0.596 bits per heavy atom. The number of rotatable bonds is 46. The minimum absolute atomic E-state index is 0.153. The Labute approximate surface area is 331 Å². The van der Waals surface area contributed by atoms with Gasteiger partial charge in [0, 0.05) is 0 Å². The van der Waals surface area contributed by atoms with Crippen LogP contribution in [-0.2, 0) is 9.05 Å². The van der Waals surface area contributed by atoms with Crippen molar-refractivity contribution in [3.63, 3.8) is 0 Å². The van der Waals surface area contributed by atoms with Crippen molar-refractivity contribution in [1.29, 1.82) is 0 Å². The normalized spacial score (nSPS) is 13.6. The molecule has 0 aliphatic heterocycles. The first-order chi connectivity index (χ1) is 25.7. The van der Waals surface area contributed by atoms with Crippen LogP contribution in [0.1, 0.15) is 297 Å². The first kappa shape index (κ1) is 52.3. The van der Waals surface area contributed by atoms with Crippen LogP contribution in [0.3, 0.4) is 0 Å². The highest BCUT2D eigenvalue weighted by atomic mass is 31.2. The molecule has 0 aliphatic carbocycles. The molecule has 52 heavy (non-hydrogen) atoms. The van der Waals surface area contributed by atoms with Gasteiger partial charge in [-0.05, 0) is 25.7 Å². The molecule has 0 spiro atoms. The lowest BCUT2D eigenvalue weighted by Gasteiger charge is -2.24. The first-order valence-electron chi connectivity index (χ1n) is 24.5. The molecule has 4 heteroatoms. The van der Waals surface area contributed by atoms with Crippen molar-refractivity contribution in [3.05, 3.63) is 0 Å². The minimum atomic E-state index is -1.81. The third-order valence-electron chi connectivity index (χ3n) is 11.5. The minimum Gasteiger partial charge on any atom is -0.328 e. The number of hydrogen-bond acceptors (Lipinski definition) is 3. The van der Waals surface area contributed by atoms with Crippen molar-refractivity contribution in [2.45, 2.75) is 310 Å². The summed E-state index contributed by atoms with van der Waals surface area (Å²) in [6, 6.07) is 0. The van der Waals surface area contributed by atoms with E-state index < -0.39 is 8.60 Å². The van der Waals surface area contributed by atoms with Crippen molar-refractivity contribution < 1.29 is 13.9 Å². The third kappa shape index (κ3) is 41.5. The molecule has 3 nitrogen and oxygen atoms in total. The number of hydrogen-bond donors (Lipinski definition) is 1. The summed E-state index contributed by atoms with van der Waals surface area (Å²) >= 11 is 0. The highest BCUT2D eigenvalue weighted by Gasteiger charge is 2.21. The lowest BCUT2D eigenvalue weighted by Crippen LogP contribution is -2.15. The van der Waals surface area contributed by atoms with Crippen LogP contribution in [0.15, 0.2) is 0 Å². The maximum atomic E-state index is 11.2. The van der Waals surface area contributed by atoms with E-state index in [0.29, 0.717) is 0 Å². The highest BCUT2D eigenvalue weighted by Crippen LogP contribution is 2.40. The second-order valence-electron chi connectivity index (χ2n) is 16.9. The topological polar surface area (TPSA) is 38.7 Å². The molecule has 0 saturated heterocycles. The summed E-state index contributed by atoms with van der Waals surface area (Å²) in [7, 11) is -1.81. The van der Waals surface area contributed by atoms with Crippen molar-refractivity contribution in [2.75, 3.05) is 0 Å². The second-order valence-corrected chi connectivity index (χ2v) is 17.8. The van der Waals surface area contributed by atoms with E-state index in [9.17, 15) is 4.89 Å². The molecule has 0 amide bonds. The van der Waals surface area contributed by atoms with Crippen LogP contribution >= 0.6 is 8.60 Å². The van der Waals surface area contributed by atoms with Crippen molar-refractivity contribution in [1.82, 2.24) is 0 Å². The fourth-order valence-electron chi connectivity index (χ4n) is 7.86. The fraction of sp³-hybridized carbons (Fsp3) is 1.00. The maximum absolute atomic E-state index is 11.2. The van der Waals surface area contributed by atoms with Crippen LogP contribution in [-0.4, -0.2) is 17.1 Å². The largest absolute Gasteiger partial charge is 0.330 e. The Balaban J connectivity index is 4.77. The van der Waals surface area contributed by atoms with E-state index in [4.69, 9.17) is 9.05 Å². The van der Waals surface area contributed by atoms with Gasteiger partial charge >= 0.3 is 8.60 Å². The second kappa shape index (κ2) is 45.7. The van der Waals surface area contributed by atoms with Gasteiger partial charge in [0.1, 0.15) is 0 Å². The smallest absolute Gasteiger partial charge is 0.328 e. The van der Waals surface area contributed by atoms with Crippen LogP contribution in [0.25, 0.3) is 0 Å². The average molecular weight is 755 g/mol. The van der Waals surface area contributed by atoms with Crippen molar-refractivity contribution >= 4 is 8.60 Å². The predicted octanol–water partition coefficient (Wildman–Crippen LogP) is 18.4. The summed E-state index contributed by atoms with van der Waals surface area (Å²) in [5.74, 6) is 0. The lowest BCUT2D eigenvalue weighted by atomic mass is 10.0. The molecule has 0 aromatic heterocycles. The summed E-state index contributed by atoms with van der Waals surface area (Å²) in [5, 5.41) is 0. The molecule has 0 bridgehead atoms. The van der Waals surface area contributed by atoms with Gasteiger partial charge in [0.2, 0.25) is 0 Å². The molecule has 0 fully saturated rings. The Bertz CT molecular complexity index is 579. The molecule has 0 saturated carbocycles. The van der Waals surface area contributed by atoms with Gasteiger partial charge in [0.25, 0.3) is 0 Å².